The van der Waals surface area contributed by atoms with Crippen LogP contribution in [0.15, 0.2) is 41.1 Å². The molecule has 9 nitrogen and oxygen atoms in total. The standard InChI is InChI=1S/C16H19N7O2S/c1-2-10(13(18)24)21-11-7-20-12(14(19)25)15(22-11)23-16(26)8-5-3-4-6-9(8)17/h3-7,10,17,26H,2H2,1H3,(H2,18,24)(H2,19,25)(H2,21,22,23)/b16-8-,17-9?/t10-/m1/s1. The van der Waals surface area contributed by atoms with Crippen LogP contribution >= 0.6 is 12.6 Å². The van der Waals surface area contributed by atoms with E-state index < -0.39 is 17.9 Å². The average molecular weight is 373 g/mol. The number of allylic oxidation sites excluding steroid dienone is 5. The third-order valence-electron chi connectivity index (χ3n) is 3.50. The molecular weight excluding hydrogens is 354 g/mol. The highest BCUT2D eigenvalue weighted by Gasteiger charge is 2.18. The van der Waals surface area contributed by atoms with Crippen molar-refractivity contribution in [2.45, 2.75) is 19.4 Å². The minimum atomic E-state index is -0.784. The second-order valence-electron chi connectivity index (χ2n) is 5.34. The van der Waals surface area contributed by atoms with Crippen LogP contribution in [-0.2, 0) is 4.79 Å². The molecule has 1 aliphatic rings. The molecule has 0 unspecified atom stereocenters. The average Bonchev–Trinajstić information content (AvgIpc) is 2.59. The Kier molecular flexibility index (Phi) is 6.12. The number of carbonyl (C=O) groups excluding carboxylic acids is 2. The molecule has 136 valence electrons. The second kappa shape index (κ2) is 8.30. The zero-order valence-corrected chi connectivity index (χ0v) is 14.9. The van der Waals surface area contributed by atoms with Crippen molar-refractivity contribution in [2.24, 2.45) is 11.5 Å². The Morgan fingerprint density at radius 3 is 2.58 bits per heavy atom. The number of aromatic nitrogens is 2. The van der Waals surface area contributed by atoms with Gasteiger partial charge in [0.05, 0.1) is 16.9 Å². The van der Waals surface area contributed by atoms with Crippen LogP contribution in [0.3, 0.4) is 0 Å². The first kappa shape index (κ1) is 19.2. The summed E-state index contributed by atoms with van der Waals surface area (Å²) in [5, 5.41) is 13.9. The van der Waals surface area contributed by atoms with Crippen LogP contribution in [0.2, 0.25) is 0 Å². The molecular formula is C16H19N7O2S. The molecule has 1 aliphatic carbocycles. The van der Waals surface area contributed by atoms with Gasteiger partial charge < -0.3 is 27.5 Å². The third-order valence-corrected chi connectivity index (χ3v) is 3.85. The van der Waals surface area contributed by atoms with Gasteiger partial charge in [-0.15, -0.1) is 12.6 Å². The van der Waals surface area contributed by atoms with Gasteiger partial charge in [0.1, 0.15) is 11.9 Å². The minimum Gasteiger partial charge on any atom is -0.368 e. The number of carbonyl (C=O) groups is 2. The fourth-order valence-corrected chi connectivity index (χ4v) is 2.45. The Bertz CT molecular complexity index is 845. The summed E-state index contributed by atoms with van der Waals surface area (Å²) in [6.45, 7) is 1.79. The van der Waals surface area contributed by atoms with E-state index in [0.29, 0.717) is 17.0 Å². The highest BCUT2D eigenvalue weighted by atomic mass is 32.1. The highest BCUT2D eigenvalue weighted by molar-refractivity contribution is 7.84. The van der Waals surface area contributed by atoms with Crippen molar-refractivity contribution in [1.82, 2.24) is 9.97 Å². The lowest BCUT2D eigenvalue weighted by Crippen LogP contribution is -2.35. The van der Waals surface area contributed by atoms with Crippen molar-refractivity contribution in [2.75, 3.05) is 10.6 Å². The number of amides is 2. The van der Waals surface area contributed by atoms with Crippen LogP contribution in [0.4, 0.5) is 11.6 Å². The Morgan fingerprint density at radius 2 is 2.00 bits per heavy atom. The van der Waals surface area contributed by atoms with E-state index in [1.165, 1.54) is 6.20 Å². The molecule has 1 atom stereocenters. The van der Waals surface area contributed by atoms with Crippen LogP contribution in [-0.4, -0.2) is 33.5 Å². The number of rotatable bonds is 7. The second-order valence-corrected chi connectivity index (χ2v) is 5.79. The molecule has 10 heteroatoms. The number of thiol groups is 1. The van der Waals surface area contributed by atoms with Gasteiger partial charge in [-0.2, -0.15) is 0 Å². The molecule has 7 N–H and O–H groups in total. The fraction of sp³-hybridized carbons (Fsp3) is 0.188. The molecule has 0 saturated heterocycles. The zero-order chi connectivity index (χ0) is 19.3. The van der Waals surface area contributed by atoms with Crippen LogP contribution in [0.5, 0.6) is 0 Å². The van der Waals surface area contributed by atoms with Gasteiger partial charge in [0, 0.05) is 5.57 Å². The number of nitrogens with two attached hydrogens (primary N) is 2. The molecule has 0 spiro atoms. The normalized spacial score (nSPS) is 16.2. The smallest absolute Gasteiger partial charge is 0.271 e. The summed E-state index contributed by atoms with van der Waals surface area (Å²) in [7, 11) is 0. The van der Waals surface area contributed by atoms with Gasteiger partial charge in [0.25, 0.3) is 5.91 Å². The zero-order valence-electron chi connectivity index (χ0n) is 14.0. The first-order chi connectivity index (χ1) is 12.3. The summed E-state index contributed by atoms with van der Waals surface area (Å²) in [4.78, 5) is 31.2. The van der Waals surface area contributed by atoms with Crippen molar-refractivity contribution in [3.05, 3.63) is 46.8 Å². The lowest BCUT2D eigenvalue weighted by molar-refractivity contribution is -0.118. The van der Waals surface area contributed by atoms with Gasteiger partial charge in [-0.25, -0.2) is 9.97 Å². The number of hydrogen-bond donors (Lipinski definition) is 6. The van der Waals surface area contributed by atoms with Crippen molar-refractivity contribution in [3.8, 4) is 0 Å². The SMILES string of the molecule is CC[C@@H](Nc1cnc(C(N)=O)c(N/C(S)=C2\C=CC=CC2=N)n1)C(N)=O. The monoisotopic (exact) mass is 373 g/mol. The van der Waals surface area contributed by atoms with E-state index in [9.17, 15) is 9.59 Å². The van der Waals surface area contributed by atoms with Crippen LogP contribution < -0.4 is 22.1 Å². The van der Waals surface area contributed by atoms with Crippen molar-refractivity contribution in [3.63, 3.8) is 0 Å². The van der Waals surface area contributed by atoms with Crippen molar-refractivity contribution in [1.29, 1.82) is 5.41 Å². The number of hydrogen-bond acceptors (Lipinski definition) is 8. The van der Waals surface area contributed by atoms with Crippen LogP contribution in [0.1, 0.15) is 23.8 Å². The maximum Gasteiger partial charge on any atom is 0.271 e. The third kappa shape index (κ3) is 4.48. The molecule has 0 aliphatic heterocycles. The maximum absolute atomic E-state index is 11.6. The molecule has 1 aromatic rings. The molecule has 0 saturated carbocycles. The van der Waals surface area contributed by atoms with E-state index in [1.54, 1.807) is 31.2 Å². The fourth-order valence-electron chi connectivity index (χ4n) is 2.15. The van der Waals surface area contributed by atoms with Gasteiger partial charge in [-0.1, -0.05) is 25.2 Å². The first-order valence-corrected chi connectivity index (χ1v) is 8.14. The lowest BCUT2D eigenvalue weighted by Gasteiger charge is -2.16. The predicted molar refractivity (Wildman–Crippen MR) is 103 cm³/mol. The van der Waals surface area contributed by atoms with Crippen LogP contribution in [0.25, 0.3) is 0 Å². The largest absolute Gasteiger partial charge is 0.368 e. The Morgan fingerprint density at radius 1 is 1.31 bits per heavy atom. The van der Waals surface area contributed by atoms with E-state index in [4.69, 9.17) is 16.9 Å². The molecule has 0 radical (unpaired) electrons. The van der Waals surface area contributed by atoms with Crippen molar-refractivity contribution < 1.29 is 9.59 Å². The Hall–Kier alpha value is -3.14. The van der Waals surface area contributed by atoms with Gasteiger partial charge in [-0.3, -0.25) is 9.59 Å². The quantitative estimate of drug-likeness (QED) is 0.390. The number of anilines is 2. The van der Waals surface area contributed by atoms with Crippen molar-refractivity contribution >= 4 is 41.8 Å². The van der Waals surface area contributed by atoms with E-state index in [2.05, 4.69) is 33.2 Å². The molecule has 0 fully saturated rings. The molecule has 2 rings (SSSR count). The summed E-state index contributed by atoms with van der Waals surface area (Å²) in [6, 6.07) is -0.634. The number of nitrogens with one attached hydrogen (secondary N) is 3. The molecule has 1 aromatic heterocycles. The summed E-state index contributed by atoms with van der Waals surface area (Å²) >= 11 is 4.34. The van der Waals surface area contributed by atoms with Gasteiger partial charge in [-0.05, 0) is 12.5 Å². The molecule has 0 bridgehead atoms. The van der Waals surface area contributed by atoms with E-state index in [0.717, 1.165) is 0 Å². The van der Waals surface area contributed by atoms with E-state index >= 15 is 0 Å². The number of nitrogens with zero attached hydrogens (tertiary/aromatic N) is 2. The summed E-state index contributed by atoms with van der Waals surface area (Å²) in [6.07, 6.45) is 8.51. The van der Waals surface area contributed by atoms with Gasteiger partial charge in [0.2, 0.25) is 5.91 Å². The first-order valence-electron chi connectivity index (χ1n) is 7.70. The number of primary amides is 2. The topological polar surface area (TPSA) is 160 Å². The van der Waals surface area contributed by atoms with Gasteiger partial charge >= 0.3 is 0 Å². The highest BCUT2D eigenvalue weighted by Crippen LogP contribution is 2.21. The Balaban J connectivity index is 2.37. The summed E-state index contributed by atoms with van der Waals surface area (Å²) in [5.74, 6) is -1.03. The molecule has 0 aromatic carbocycles. The Labute approximate surface area is 155 Å². The molecule has 1 heterocycles. The molecule has 2 amide bonds. The summed E-state index contributed by atoms with van der Waals surface area (Å²) in [5.41, 5.74) is 11.3. The minimum absolute atomic E-state index is 0.0510. The maximum atomic E-state index is 11.6. The molecule has 26 heavy (non-hydrogen) atoms. The predicted octanol–water partition coefficient (Wildman–Crippen LogP) is 0.950. The van der Waals surface area contributed by atoms with Gasteiger partial charge in [0.15, 0.2) is 11.5 Å². The van der Waals surface area contributed by atoms with E-state index in [1.807, 2.05) is 0 Å². The van der Waals surface area contributed by atoms with Crippen LogP contribution in [0, 0.1) is 5.41 Å². The van der Waals surface area contributed by atoms with E-state index in [-0.39, 0.29) is 23.0 Å². The lowest BCUT2D eigenvalue weighted by atomic mass is 10.1. The summed E-state index contributed by atoms with van der Waals surface area (Å²) < 4.78 is 0.